The van der Waals surface area contributed by atoms with Gasteiger partial charge in [0.1, 0.15) is 5.75 Å². The van der Waals surface area contributed by atoms with Crippen LogP contribution in [-0.2, 0) is 0 Å². The molecule has 2 aromatic carbocycles. The summed E-state index contributed by atoms with van der Waals surface area (Å²) >= 11 is 0. The summed E-state index contributed by atoms with van der Waals surface area (Å²) in [7, 11) is 0. The van der Waals surface area contributed by atoms with Gasteiger partial charge in [0.25, 0.3) is 0 Å². The minimum absolute atomic E-state index is 0.0603. The van der Waals surface area contributed by atoms with Gasteiger partial charge in [0.05, 0.1) is 6.04 Å². The number of hydrogen-bond acceptors (Lipinski definition) is 2. The van der Waals surface area contributed by atoms with Gasteiger partial charge in [-0.1, -0.05) is 29.8 Å². The van der Waals surface area contributed by atoms with Crippen molar-refractivity contribution in [3.8, 4) is 5.75 Å². The Hall–Kier alpha value is -2.63. The largest absolute Gasteiger partial charge is 0.435 e. The monoisotopic (exact) mass is 320 g/mol. The van der Waals surface area contributed by atoms with Crippen molar-refractivity contribution in [1.82, 2.24) is 5.32 Å². The molecule has 4 nitrogen and oxygen atoms in total. The molecule has 0 heterocycles. The summed E-state index contributed by atoms with van der Waals surface area (Å²) in [6.07, 6.45) is 0. The van der Waals surface area contributed by atoms with Crippen molar-refractivity contribution in [2.24, 2.45) is 0 Å². The number of hydrogen-bond donors (Lipinski definition) is 2. The maximum Gasteiger partial charge on any atom is 0.387 e. The lowest BCUT2D eigenvalue weighted by molar-refractivity contribution is -0.0499. The number of ether oxygens (including phenoxy) is 1. The molecule has 2 amide bonds. The number of aryl methyl sites for hydroxylation is 1. The van der Waals surface area contributed by atoms with Crippen LogP contribution in [-0.4, -0.2) is 12.6 Å². The van der Waals surface area contributed by atoms with Crippen LogP contribution < -0.4 is 15.4 Å². The molecule has 0 fully saturated rings. The van der Waals surface area contributed by atoms with Crippen LogP contribution in [0.25, 0.3) is 0 Å². The molecule has 0 aliphatic rings. The number of carbonyl (C=O) groups is 1. The number of amides is 2. The molecule has 2 aromatic rings. The SMILES string of the molecule is Cc1ccc(NC(=O)N[C@H](C)c2cccc(OC(F)F)c2)cc1. The van der Waals surface area contributed by atoms with Crippen molar-refractivity contribution in [2.75, 3.05) is 5.32 Å². The zero-order valence-electron chi connectivity index (χ0n) is 12.8. The molecule has 6 heteroatoms. The highest BCUT2D eigenvalue weighted by Gasteiger charge is 2.11. The first-order valence-electron chi connectivity index (χ1n) is 7.13. The Balaban J connectivity index is 1.96. The van der Waals surface area contributed by atoms with Gasteiger partial charge in [-0.25, -0.2) is 4.79 Å². The average Bonchev–Trinajstić information content (AvgIpc) is 2.49. The van der Waals surface area contributed by atoms with Crippen LogP contribution in [0.5, 0.6) is 5.75 Å². The van der Waals surface area contributed by atoms with Crippen molar-refractivity contribution < 1.29 is 18.3 Å². The molecule has 1 atom stereocenters. The summed E-state index contributed by atoms with van der Waals surface area (Å²) in [5.41, 5.74) is 2.44. The fourth-order valence-corrected chi connectivity index (χ4v) is 2.04. The van der Waals surface area contributed by atoms with Crippen LogP contribution in [0, 0.1) is 6.92 Å². The second-order valence-electron chi connectivity index (χ2n) is 5.14. The quantitative estimate of drug-likeness (QED) is 0.853. The molecular formula is C17H18F2N2O2. The van der Waals surface area contributed by atoms with Gasteiger partial charge in [-0.2, -0.15) is 8.78 Å². The van der Waals surface area contributed by atoms with E-state index in [9.17, 15) is 13.6 Å². The Bertz CT molecular complexity index is 660. The summed E-state index contributed by atoms with van der Waals surface area (Å²) in [4.78, 5) is 12.0. The van der Waals surface area contributed by atoms with Crippen LogP contribution in [0.3, 0.4) is 0 Å². The van der Waals surface area contributed by atoms with Gasteiger partial charge >= 0.3 is 12.6 Å². The van der Waals surface area contributed by atoms with Crippen molar-refractivity contribution in [3.63, 3.8) is 0 Å². The highest BCUT2D eigenvalue weighted by molar-refractivity contribution is 5.89. The van der Waals surface area contributed by atoms with Crippen molar-refractivity contribution in [1.29, 1.82) is 0 Å². The summed E-state index contributed by atoms with van der Waals surface area (Å²) in [5, 5.41) is 5.46. The van der Waals surface area contributed by atoms with Crippen LogP contribution in [0.15, 0.2) is 48.5 Å². The molecule has 0 spiro atoms. The molecule has 0 saturated heterocycles. The van der Waals surface area contributed by atoms with Gasteiger partial charge in [-0.15, -0.1) is 0 Å². The predicted molar refractivity (Wildman–Crippen MR) is 84.8 cm³/mol. The van der Waals surface area contributed by atoms with E-state index in [2.05, 4.69) is 15.4 Å². The number of urea groups is 1. The molecule has 0 bridgehead atoms. The number of rotatable bonds is 5. The Kier molecular flexibility index (Phi) is 5.51. The van der Waals surface area contributed by atoms with Gasteiger partial charge in [0.2, 0.25) is 0 Å². The first kappa shape index (κ1) is 16.7. The molecule has 0 saturated carbocycles. The van der Waals surface area contributed by atoms with Crippen LogP contribution in [0.4, 0.5) is 19.3 Å². The van der Waals surface area contributed by atoms with Crippen molar-refractivity contribution in [3.05, 3.63) is 59.7 Å². The highest BCUT2D eigenvalue weighted by Crippen LogP contribution is 2.20. The van der Waals surface area contributed by atoms with E-state index in [-0.39, 0.29) is 17.8 Å². The number of halogens is 2. The fraction of sp³-hybridized carbons (Fsp3) is 0.235. The normalized spacial score (nSPS) is 11.9. The third kappa shape index (κ3) is 5.25. The summed E-state index contributed by atoms with van der Waals surface area (Å²) in [6, 6.07) is 12.9. The molecule has 0 aliphatic heterocycles. The minimum Gasteiger partial charge on any atom is -0.435 e. The molecule has 0 radical (unpaired) electrons. The third-order valence-electron chi connectivity index (χ3n) is 3.24. The zero-order valence-corrected chi connectivity index (χ0v) is 12.8. The first-order chi connectivity index (χ1) is 10.9. The van der Waals surface area contributed by atoms with Crippen molar-refractivity contribution in [2.45, 2.75) is 26.5 Å². The van der Waals surface area contributed by atoms with Gasteiger partial charge in [-0.05, 0) is 43.7 Å². The van der Waals surface area contributed by atoms with E-state index in [1.807, 2.05) is 19.1 Å². The Morgan fingerprint density at radius 1 is 1.13 bits per heavy atom. The van der Waals surface area contributed by atoms with E-state index in [1.54, 1.807) is 31.2 Å². The van der Waals surface area contributed by atoms with E-state index >= 15 is 0 Å². The Morgan fingerprint density at radius 3 is 2.48 bits per heavy atom. The Morgan fingerprint density at radius 2 is 1.83 bits per heavy atom. The maximum absolute atomic E-state index is 12.2. The Labute approximate surface area is 133 Å². The predicted octanol–water partition coefficient (Wildman–Crippen LogP) is 4.48. The maximum atomic E-state index is 12.2. The van der Waals surface area contributed by atoms with E-state index in [4.69, 9.17) is 0 Å². The molecule has 0 aliphatic carbocycles. The zero-order chi connectivity index (χ0) is 16.8. The summed E-state index contributed by atoms with van der Waals surface area (Å²) in [6.45, 7) is 0.842. The second-order valence-corrected chi connectivity index (χ2v) is 5.14. The molecule has 2 rings (SSSR count). The number of carbonyl (C=O) groups excluding carboxylic acids is 1. The first-order valence-corrected chi connectivity index (χ1v) is 7.13. The smallest absolute Gasteiger partial charge is 0.387 e. The van der Waals surface area contributed by atoms with Gasteiger partial charge < -0.3 is 15.4 Å². The fourth-order valence-electron chi connectivity index (χ4n) is 2.04. The van der Waals surface area contributed by atoms with Crippen LogP contribution in [0.1, 0.15) is 24.1 Å². The van der Waals surface area contributed by atoms with Crippen LogP contribution in [0.2, 0.25) is 0 Å². The summed E-state index contributed by atoms with van der Waals surface area (Å²) in [5.74, 6) is 0.0603. The lowest BCUT2D eigenvalue weighted by atomic mass is 10.1. The van der Waals surface area contributed by atoms with E-state index < -0.39 is 6.61 Å². The lowest BCUT2D eigenvalue weighted by Gasteiger charge is -2.16. The molecule has 0 unspecified atom stereocenters. The highest BCUT2D eigenvalue weighted by atomic mass is 19.3. The molecular weight excluding hydrogens is 302 g/mol. The standard InChI is InChI=1S/C17H18F2N2O2/c1-11-6-8-14(9-7-11)21-17(22)20-12(2)13-4-3-5-15(10-13)23-16(18)19/h3-10,12,16H,1-2H3,(H2,20,21,22)/t12-/m1/s1. The number of anilines is 1. The number of benzene rings is 2. The summed E-state index contributed by atoms with van der Waals surface area (Å²) < 4.78 is 28.8. The van der Waals surface area contributed by atoms with Gasteiger partial charge in [-0.3, -0.25) is 0 Å². The third-order valence-corrected chi connectivity index (χ3v) is 3.24. The number of alkyl halides is 2. The van der Waals surface area contributed by atoms with E-state index in [1.165, 1.54) is 12.1 Å². The molecule has 0 aromatic heterocycles. The topological polar surface area (TPSA) is 50.4 Å². The van der Waals surface area contributed by atoms with Gasteiger partial charge in [0.15, 0.2) is 0 Å². The lowest BCUT2D eigenvalue weighted by Crippen LogP contribution is -2.31. The van der Waals surface area contributed by atoms with Crippen LogP contribution >= 0.6 is 0 Å². The van der Waals surface area contributed by atoms with Crippen molar-refractivity contribution >= 4 is 11.7 Å². The average molecular weight is 320 g/mol. The molecule has 2 N–H and O–H groups in total. The minimum atomic E-state index is -2.88. The van der Waals surface area contributed by atoms with E-state index in [0.717, 1.165) is 5.56 Å². The van der Waals surface area contributed by atoms with E-state index in [0.29, 0.717) is 11.3 Å². The molecule has 23 heavy (non-hydrogen) atoms. The van der Waals surface area contributed by atoms with Gasteiger partial charge in [0, 0.05) is 5.69 Å². The second kappa shape index (κ2) is 7.58. The number of nitrogens with one attached hydrogen (secondary N) is 2. The molecule has 122 valence electrons.